The van der Waals surface area contributed by atoms with Crippen LogP contribution < -0.4 is 10.1 Å². The fraction of sp³-hybridized carbons (Fsp3) is 0.667. The van der Waals surface area contributed by atoms with Crippen LogP contribution in [0.25, 0.3) is 0 Å². The van der Waals surface area contributed by atoms with E-state index >= 15 is 0 Å². The summed E-state index contributed by atoms with van der Waals surface area (Å²) in [4.78, 5) is 0. The Balaban J connectivity index is 1.75. The van der Waals surface area contributed by atoms with Gasteiger partial charge in [-0.1, -0.05) is 18.9 Å². The first-order valence-corrected chi connectivity index (χ1v) is 8.35. The lowest BCUT2D eigenvalue weighted by molar-refractivity contribution is 0.143. The predicted molar refractivity (Wildman–Crippen MR) is 84.6 cm³/mol. The maximum absolute atomic E-state index is 9.60. The summed E-state index contributed by atoms with van der Waals surface area (Å²) in [5, 5.41) is 13.4. The third-order valence-corrected chi connectivity index (χ3v) is 5.22. The standard InChI is InChI=1S/C18H27NO2/c1-21-15-9-10-16-13(11-15)6-4-8-18(16)19-17-7-3-2-5-14(17)12-20/h9-11,14,17-20H,2-8,12H2,1H3. The van der Waals surface area contributed by atoms with Crippen molar-refractivity contribution >= 4 is 0 Å². The van der Waals surface area contributed by atoms with E-state index < -0.39 is 0 Å². The highest BCUT2D eigenvalue weighted by molar-refractivity contribution is 5.39. The van der Waals surface area contributed by atoms with E-state index in [9.17, 15) is 5.11 Å². The average Bonchev–Trinajstić information content (AvgIpc) is 2.55. The minimum absolute atomic E-state index is 0.319. The van der Waals surface area contributed by atoms with Crippen molar-refractivity contribution in [2.45, 2.75) is 57.0 Å². The number of methoxy groups -OCH3 is 1. The van der Waals surface area contributed by atoms with Gasteiger partial charge in [0.1, 0.15) is 5.75 Å². The van der Waals surface area contributed by atoms with Crippen molar-refractivity contribution in [3.63, 3.8) is 0 Å². The second kappa shape index (κ2) is 6.80. The van der Waals surface area contributed by atoms with E-state index in [1.807, 2.05) is 0 Å². The Morgan fingerprint density at radius 1 is 1.19 bits per heavy atom. The van der Waals surface area contributed by atoms with Crippen molar-refractivity contribution in [1.82, 2.24) is 5.32 Å². The number of aliphatic hydroxyl groups is 1. The Morgan fingerprint density at radius 2 is 2.05 bits per heavy atom. The van der Waals surface area contributed by atoms with E-state index in [1.165, 1.54) is 43.2 Å². The van der Waals surface area contributed by atoms with Crippen LogP contribution in [-0.2, 0) is 6.42 Å². The molecule has 3 atom stereocenters. The van der Waals surface area contributed by atoms with Gasteiger partial charge in [0.2, 0.25) is 0 Å². The van der Waals surface area contributed by atoms with Crippen LogP contribution in [0.5, 0.6) is 5.75 Å². The van der Waals surface area contributed by atoms with E-state index in [4.69, 9.17) is 4.74 Å². The molecule has 0 bridgehead atoms. The van der Waals surface area contributed by atoms with Gasteiger partial charge in [-0.2, -0.15) is 0 Å². The minimum Gasteiger partial charge on any atom is -0.497 e. The fourth-order valence-electron chi connectivity index (χ4n) is 3.99. The average molecular weight is 289 g/mol. The Hall–Kier alpha value is -1.06. The number of nitrogens with one attached hydrogen (secondary N) is 1. The molecule has 3 nitrogen and oxygen atoms in total. The quantitative estimate of drug-likeness (QED) is 0.894. The van der Waals surface area contributed by atoms with Crippen LogP contribution in [-0.4, -0.2) is 24.9 Å². The summed E-state index contributed by atoms with van der Waals surface area (Å²) in [6.07, 6.45) is 8.50. The molecule has 0 heterocycles. The number of hydrogen-bond acceptors (Lipinski definition) is 3. The smallest absolute Gasteiger partial charge is 0.119 e. The molecule has 0 amide bonds. The molecule has 3 rings (SSSR count). The van der Waals surface area contributed by atoms with Gasteiger partial charge in [0, 0.05) is 18.7 Å². The topological polar surface area (TPSA) is 41.5 Å². The van der Waals surface area contributed by atoms with Crippen molar-refractivity contribution < 1.29 is 9.84 Å². The number of ether oxygens (including phenoxy) is 1. The number of aryl methyl sites for hydroxylation is 1. The predicted octanol–water partition coefficient (Wildman–Crippen LogP) is 3.21. The molecule has 2 N–H and O–H groups in total. The lowest BCUT2D eigenvalue weighted by atomic mass is 9.82. The summed E-state index contributed by atoms with van der Waals surface area (Å²) in [7, 11) is 1.73. The lowest BCUT2D eigenvalue weighted by Crippen LogP contribution is -2.42. The Kier molecular flexibility index (Phi) is 4.81. The minimum atomic E-state index is 0.319. The van der Waals surface area contributed by atoms with Gasteiger partial charge < -0.3 is 15.2 Å². The number of hydrogen-bond donors (Lipinski definition) is 2. The molecule has 2 aliphatic rings. The van der Waals surface area contributed by atoms with Gasteiger partial charge in [0.05, 0.1) is 7.11 Å². The molecule has 21 heavy (non-hydrogen) atoms. The summed E-state index contributed by atoms with van der Waals surface area (Å²) < 4.78 is 5.35. The highest BCUT2D eigenvalue weighted by Crippen LogP contribution is 2.34. The van der Waals surface area contributed by atoms with E-state index in [0.29, 0.717) is 24.6 Å². The fourth-order valence-corrected chi connectivity index (χ4v) is 3.99. The molecule has 2 aliphatic carbocycles. The largest absolute Gasteiger partial charge is 0.497 e. The first-order valence-electron chi connectivity index (χ1n) is 8.35. The molecule has 0 radical (unpaired) electrons. The normalized spacial score (nSPS) is 29.0. The molecule has 0 saturated heterocycles. The van der Waals surface area contributed by atoms with E-state index in [0.717, 1.165) is 18.6 Å². The molecule has 0 aliphatic heterocycles. The SMILES string of the molecule is COc1ccc2c(c1)CCCC2NC1CCCCC1CO. The van der Waals surface area contributed by atoms with Crippen molar-refractivity contribution in [2.24, 2.45) is 5.92 Å². The molecule has 1 fully saturated rings. The molecule has 3 heteroatoms. The second-order valence-electron chi connectivity index (χ2n) is 6.51. The highest BCUT2D eigenvalue weighted by atomic mass is 16.5. The zero-order valence-electron chi connectivity index (χ0n) is 13.0. The molecule has 1 aromatic rings. The summed E-state index contributed by atoms with van der Waals surface area (Å²) >= 11 is 0. The summed E-state index contributed by atoms with van der Waals surface area (Å²) in [5.74, 6) is 1.39. The van der Waals surface area contributed by atoms with E-state index in [-0.39, 0.29) is 0 Å². The maximum Gasteiger partial charge on any atom is 0.119 e. The van der Waals surface area contributed by atoms with Crippen LogP contribution >= 0.6 is 0 Å². The van der Waals surface area contributed by atoms with Crippen molar-refractivity contribution in [3.05, 3.63) is 29.3 Å². The maximum atomic E-state index is 9.60. The third kappa shape index (κ3) is 3.24. The summed E-state index contributed by atoms with van der Waals surface area (Å²) in [6, 6.07) is 7.40. The van der Waals surface area contributed by atoms with Gasteiger partial charge in [-0.05, 0) is 61.3 Å². The zero-order valence-corrected chi connectivity index (χ0v) is 13.0. The number of fused-ring (bicyclic) bond motifs is 1. The molecule has 1 aromatic carbocycles. The van der Waals surface area contributed by atoms with E-state index in [2.05, 4.69) is 23.5 Å². The molecule has 1 saturated carbocycles. The van der Waals surface area contributed by atoms with Crippen molar-refractivity contribution in [1.29, 1.82) is 0 Å². The van der Waals surface area contributed by atoms with Gasteiger partial charge >= 0.3 is 0 Å². The Labute approximate surface area is 127 Å². The first-order chi connectivity index (χ1) is 10.3. The zero-order chi connectivity index (χ0) is 14.7. The van der Waals surface area contributed by atoms with Crippen LogP contribution in [0, 0.1) is 5.92 Å². The molecular formula is C18H27NO2. The number of aliphatic hydroxyl groups excluding tert-OH is 1. The van der Waals surface area contributed by atoms with Crippen LogP contribution in [0.4, 0.5) is 0 Å². The monoisotopic (exact) mass is 289 g/mol. The second-order valence-corrected chi connectivity index (χ2v) is 6.51. The van der Waals surface area contributed by atoms with Crippen LogP contribution in [0.3, 0.4) is 0 Å². The molecule has 116 valence electrons. The number of benzene rings is 1. The summed E-state index contributed by atoms with van der Waals surface area (Å²) in [5.41, 5.74) is 2.86. The Morgan fingerprint density at radius 3 is 2.86 bits per heavy atom. The Bertz CT molecular complexity index is 474. The van der Waals surface area contributed by atoms with Gasteiger partial charge in [0.15, 0.2) is 0 Å². The van der Waals surface area contributed by atoms with Crippen LogP contribution in [0.1, 0.15) is 55.7 Å². The van der Waals surface area contributed by atoms with Gasteiger partial charge in [-0.3, -0.25) is 0 Å². The van der Waals surface area contributed by atoms with Crippen molar-refractivity contribution in [3.8, 4) is 5.75 Å². The van der Waals surface area contributed by atoms with E-state index in [1.54, 1.807) is 7.11 Å². The molecule has 0 spiro atoms. The third-order valence-electron chi connectivity index (χ3n) is 5.22. The van der Waals surface area contributed by atoms with Gasteiger partial charge in [0.25, 0.3) is 0 Å². The summed E-state index contributed by atoms with van der Waals surface area (Å²) in [6.45, 7) is 0.319. The van der Waals surface area contributed by atoms with Gasteiger partial charge in [-0.25, -0.2) is 0 Å². The van der Waals surface area contributed by atoms with Crippen molar-refractivity contribution in [2.75, 3.05) is 13.7 Å². The molecule has 0 aromatic heterocycles. The lowest BCUT2D eigenvalue weighted by Gasteiger charge is -2.36. The number of rotatable bonds is 4. The highest BCUT2D eigenvalue weighted by Gasteiger charge is 2.29. The van der Waals surface area contributed by atoms with Crippen LogP contribution in [0.2, 0.25) is 0 Å². The van der Waals surface area contributed by atoms with Gasteiger partial charge in [-0.15, -0.1) is 0 Å². The molecular weight excluding hydrogens is 262 g/mol. The van der Waals surface area contributed by atoms with Crippen LogP contribution in [0.15, 0.2) is 18.2 Å². The first kappa shape index (κ1) is 14.9. The molecule has 3 unspecified atom stereocenters.